The van der Waals surface area contributed by atoms with Gasteiger partial charge in [-0.1, -0.05) is 6.42 Å². The Labute approximate surface area is 68.1 Å². The van der Waals surface area contributed by atoms with Gasteiger partial charge in [0.1, 0.15) is 0 Å². The van der Waals surface area contributed by atoms with Crippen LogP contribution in [0.25, 0.3) is 0 Å². The Hall–Kier alpha value is -0.0800. The van der Waals surface area contributed by atoms with Crippen LogP contribution in [0.4, 0.5) is 0 Å². The van der Waals surface area contributed by atoms with Crippen molar-refractivity contribution in [3.63, 3.8) is 0 Å². The molecule has 0 unspecified atom stereocenters. The molecule has 2 aliphatic carbocycles. The topological polar surface area (TPSA) is 35.2 Å². The fraction of sp³-hybridized carbons (Fsp3) is 1.00. The first kappa shape index (κ1) is 7.56. The molecule has 0 aromatic rings. The number of hydrogen-bond acceptors (Lipinski definition) is 2. The van der Waals surface area contributed by atoms with Crippen LogP contribution in [0.5, 0.6) is 0 Å². The summed E-state index contributed by atoms with van der Waals surface area (Å²) in [4.78, 5) is 0. The third kappa shape index (κ3) is 1.09. The standard InChI is InChI=1S/C9H17NO/c1-11-7-9(10)5-8(6-9)3-2-4-8/h2-7,10H2,1H3. The van der Waals surface area contributed by atoms with Crippen LogP contribution in [0.3, 0.4) is 0 Å². The van der Waals surface area contributed by atoms with Gasteiger partial charge < -0.3 is 10.5 Å². The fourth-order valence-corrected chi connectivity index (χ4v) is 2.86. The molecule has 11 heavy (non-hydrogen) atoms. The third-order valence-electron chi connectivity index (χ3n) is 3.30. The number of ether oxygens (including phenoxy) is 1. The van der Waals surface area contributed by atoms with Crippen LogP contribution in [0.15, 0.2) is 0 Å². The van der Waals surface area contributed by atoms with E-state index in [1.165, 1.54) is 32.1 Å². The summed E-state index contributed by atoms with van der Waals surface area (Å²) in [5, 5.41) is 0. The molecule has 0 radical (unpaired) electrons. The monoisotopic (exact) mass is 155 g/mol. The molecule has 0 aliphatic heterocycles. The summed E-state index contributed by atoms with van der Waals surface area (Å²) in [6, 6.07) is 0. The second-order valence-corrected chi connectivity index (χ2v) is 4.50. The molecule has 2 N–H and O–H groups in total. The predicted octanol–water partition coefficient (Wildman–Crippen LogP) is 1.29. The summed E-state index contributed by atoms with van der Waals surface area (Å²) in [6.45, 7) is 0.745. The minimum Gasteiger partial charge on any atom is -0.383 e. The molecule has 2 fully saturated rings. The lowest BCUT2D eigenvalue weighted by Gasteiger charge is -2.59. The maximum atomic E-state index is 6.07. The van der Waals surface area contributed by atoms with E-state index >= 15 is 0 Å². The Morgan fingerprint density at radius 1 is 1.36 bits per heavy atom. The molecule has 64 valence electrons. The highest BCUT2D eigenvalue weighted by molar-refractivity contribution is 5.10. The smallest absolute Gasteiger partial charge is 0.0642 e. The van der Waals surface area contributed by atoms with Crippen molar-refractivity contribution in [2.75, 3.05) is 13.7 Å². The summed E-state index contributed by atoms with van der Waals surface area (Å²) < 4.78 is 5.09. The van der Waals surface area contributed by atoms with E-state index in [0.717, 1.165) is 6.61 Å². The van der Waals surface area contributed by atoms with Gasteiger partial charge in [0.2, 0.25) is 0 Å². The van der Waals surface area contributed by atoms with Crippen LogP contribution in [0, 0.1) is 5.41 Å². The molecular weight excluding hydrogens is 138 g/mol. The van der Waals surface area contributed by atoms with Crippen molar-refractivity contribution in [1.29, 1.82) is 0 Å². The normalized spacial score (nSPS) is 31.1. The van der Waals surface area contributed by atoms with Crippen molar-refractivity contribution in [3.8, 4) is 0 Å². The van der Waals surface area contributed by atoms with E-state index in [0.29, 0.717) is 5.41 Å². The molecule has 0 atom stereocenters. The van der Waals surface area contributed by atoms with E-state index in [2.05, 4.69) is 0 Å². The molecule has 0 aromatic heterocycles. The molecule has 2 rings (SSSR count). The van der Waals surface area contributed by atoms with Crippen LogP contribution in [-0.4, -0.2) is 19.3 Å². The van der Waals surface area contributed by atoms with Gasteiger partial charge in [-0.2, -0.15) is 0 Å². The second-order valence-electron chi connectivity index (χ2n) is 4.50. The molecule has 0 amide bonds. The zero-order valence-corrected chi connectivity index (χ0v) is 7.23. The second kappa shape index (κ2) is 2.20. The lowest BCUT2D eigenvalue weighted by Crippen LogP contribution is -2.62. The van der Waals surface area contributed by atoms with Gasteiger partial charge >= 0.3 is 0 Å². The maximum Gasteiger partial charge on any atom is 0.0642 e. The summed E-state index contributed by atoms with van der Waals surface area (Å²) in [7, 11) is 1.74. The molecule has 2 saturated carbocycles. The average molecular weight is 155 g/mol. The van der Waals surface area contributed by atoms with Crippen molar-refractivity contribution in [2.24, 2.45) is 11.1 Å². The largest absolute Gasteiger partial charge is 0.383 e. The Bertz CT molecular complexity index is 155. The van der Waals surface area contributed by atoms with Gasteiger partial charge in [-0.15, -0.1) is 0 Å². The third-order valence-corrected chi connectivity index (χ3v) is 3.30. The number of hydrogen-bond donors (Lipinski definition) is 1. The van der Waals surface area contributed by atoms with E-state index in [1.807, 2.05) is 0 Å². The van der Waals surface area contributed by atoms with Crippen molar-refractivity contribution in [2.45, 2.75) is 37.6 Å². The number of methoxy groups -OCH3 is 1. The van der Waals surface area contributed by atoms with Gasteiger partial charge in [0, 0.05) is 12.6 Å². The number of rotatable bonds is 2. The van der Waals surface area contributed by atoms with E-state index in [9.17, 15) is 0 Å². The Balaban J connectivity index is 1.85. The summed E-state index contributed by atoms with van der Waals surface area (Å²) in [5.41, 5.74) is 6.78. The predicted molar refractivity (Wildman–Crippen MR) is 44.3 cm³/mol. The van der Waals surface area contributed by atoms with E-state index < -0.39 is 0 Å². The minimum atomic E-state index is 0.0369. The molecule has 2 nitrogen and oxygen atoms in total. The van der Waals surface area contributed by atoms with E-state index in [1.54, 1.807) is 7.11 Å². The number of nitrogens with two attached hydrogens (primary N) is 1. The molecule has 0 aromatic carbocycles. The van der Waals surface area contributed by atoms with Gasteiger partial charge in [0.05, 0.1) is 6.61 Å². The first-order chi connectivity index (χ1) is 5.18. The van der Waals surface area contributed by atoms with Gasteiger partial charge in [0.25, 0.3) is 0 Å². The lowest BCUT2D eigenvalue weighted by atomic mass is 9.49. The van der Waals surface area contributed by atoms with Crippen LogP contribution in [-0.2, 0) is 4.74 Å². The molecule has 0 heterocycles. The molecule has 1 spiro atoms. The maximum absolute atomic E-state index is 6.07. The Kier molecular flexibility index (Phi) is 1.52. The first-order valence-electron chi connectivity index (χ1n) is 4.46. The lowest BCUT2D eigenvalue weighted by molar-refractivity contribution is -0.0726. The van der Waals surface area contributed by atoms with Gasteiger partial charge in [-0.05, 0) is 31.1 Å². The van der Waals surface area contributed by atoms with Crippen LogP contribution in [0.1, 0.15) is 32.1 Å². The van der Waals surface area contributed by atoms with Crippen molar-refractivity contribution in [3.05, 3.63) is 0 Å². The van der Waals surface area contributed by atoms with E-state index in [-0.39, 0.29) is 5.54 Å². The van der Waals surface area contributed by atoms with Crippen molar-refractivity contribution >= 4 is 0 Å². The molecular formula is C9H17NO. The SMILES string of the molecule is COCC1(N)CC2(CCC2)C1. The average Bonchev–Trinajstić information content (AvgIpc) is 1.78. The molecule has 2 heteroatoms. The van der Waals surface area contributed by atoms with Gasteiger partial charge in [-0.25, -0.2) is 0 Å². The Morgan fingerprint density at radius 3 is 2.36 bits per heavy atom. The van der Waals surface area contributed by atoms with Gasteiger partial charge in [-0.3, -0.25) is 0 Å². The Morgan fingerprint density at radius 2 is 2.00 bits per heavy atom. The molecule has 0 bridgehead atoms. The van der Waals surface area contributed by atoms with Crippen LogP contribution >= 0.6 is 0 Å². The zero-order chi connectivity index (χ0) is 7.95. The summed E-state index contributed by atoms with van der Waals surface area (Å²) in [6.07, 6.45) is 6.65. The van der Waals surface area contributed by atoms with Crippen LogP contribution < -0.4 is 5.73 Å². The van der Waals surface area contributed by atoms with Crippen LogP contribution in [0.2, 0.25) is 0 Å². The first-order valence-corrected chi connectivity index (χ1v) is 4.46. The summed E-state index contributed by atoms with van der Waals surface area (Å²) in [5.74, 6) is 0. The highest BCUT2D eigenvalue weighted by Gasteiger charge is 2.54. The molecule has 0 saturated heterocycles. The quantitative estimate of drug-likeness (QED) is 0.652. The minimum absolute atomic E-state index is 0.0369. The molecule has 2 aliphatic rings. The van der Waals surface area contributed by atoms with Gasteiger partial charge in [0.15, 0.2) is 0 Å². The fourth-order valence-electron chi connectivity index (χ4n) is 2.86. The van der Waals surface area contributed by atoms with Crippen molar-refractivity contribution in [1.82, 2.24) is 0 Å². The highest BCUT2D eigenvalue weighted by atomic mass is 16.5. The van der Waals surface area contributed by atoms with E-state index in [4.69, 9.17) is 10.5 Å². The zero-order valence-electron chi connectivity index (χ0n) is 7.23. The highest BCUT2D eigenvalue weighted by Crippen LogP contribution is 2.59. The van der Waals surface area contributed by atoms with Crippen molar-refractivity contribution < 1.29 is 4.74 Å². The summed E-state index contributed by atoms with van der Waals surface area (Å²) >= 11 is 0.